The lowest BCUT2D eigenvalue weighted by Crippen LogP contribution is -2.43. The molecule has 96 valence electrons. The van der Waals surface area contributed by atoms with Crippen molar-refractivity contribution >= 4 is 11.8 Å². The van der Waals surface area contributed by atoms with Gasteiger partial charge in [-0.1, -0.05) is 6.92 Å². The standard InChI is InChI=1S/C12H26N2OS/c1-4-12-9-14(7-8-16-12)6-5-13-11(2)10-15-3/h11-13H,4-10H2,1-3H3. The Hall–Kier alpha value is 0.230. The molecule has 0 radical (unpaired) electrons. The van der Waals surface area contributed by atoms with Crippen LogP contribution in [0.3, 0.4) is 0 Å². The Bertz CT molecular complexity index is 180. The van der Waals surface area contributed by atoms with Crippen LogP contribution in [0.4, 0.5) is 0 Å². The first-order chi connectivity index (χ1) is 7.76. The number of ether oxygens (including phenoxy) is 1. The van der Waals surface area contributed by atoms with Gasteiger partial charge >= 0.3 is 0 Å². The van der Waals surface area contributed by atoms with Gasteiger partial charge in [0.15, 0.2) is 0 Å². The quantitative estimate of drug-likeness (QED) is 0.735. The van der Waals surface area contributed by atoms with Crippen molar-refractivity contribution in [2.75, 3.05) is 45.6 Å². The van der Waals surface area contributed by atoms with Crippen molar-refractivity contribution in [2.45, 2.75) is 31.6 Å². The Morgan fingerprint density at radius 2 is 2.38 bits per heavy atom. The molecule has 0 bridgehead atoms. The normalized spacial score (nSPS) is 24.6. The van der Waals surface area contributed by atoms with E-state index in [0.717, 1.165) is 18.4 Å². The topological polar surface area (TPSA) is 24.5 Å². The summed E-state index contributed by atoms with van der Waals surface area (Å²) in [6.45, 7) is 10.0. The highest BCUT2D eigenvalue weighted by molar-refractivity contribution is 8.00. The third kappa shape index (κ3) is 5.53. The predicted octanol–water partition coefficient (Wildman–Crippen LogP) is 1.44. The van der Waals surface area contributed by atoms with Crippen LogP contribution in [0.2, 0.25) is 0 Å². The van der Waals surface area contributed by atoms with E-state index in [0.29, 0.717) is 6.04 Å². The molecule has 0 aromatic rings. The zero-order valence-electron chi connectivity index (χ0n) is 10.9. The van der Waals surface area contributed by atoms with E-state index in [1.54, 1.807) is 7.11 Å². The lowest BCUT2D eigenvalue weighted by atomic mass is 10.3. The van der Waals surface area contributed by atoms with E-state index in [1.165, 1.54) is 31.8 Å². The molecular weight excluding hydrogens is 220 g/mol. The largest absolute Gasteiger partial charge is 0.383 e. The van der Waals surface area contributed by atoms with Gasteiger partial charge in [0.25, 0.3) is 0 Å². The van der Waals surface area contributed by atoms with Crippen LogP contribution in [0.25, 0.3) is 0 Å². The van der Waals surface area contributed by atoms with Gasteiger partial charge < -0.3 is 15.0 Å². The van der Waals surface area contributed by atoms with E-state index < -0.39 is 0 Å². The maximum Gasteiger partial charge on any atom is 0.0613 e. The lowest BCUT2D eigenvalue weighted by molar-refractivity contribution is 0.169. The molecule has 0 aromatic heterocycles. The third-order valence-corrected chi connectivity index (χ3v) is 4.39. The van der Waals surface area contributed by atoms with Gasteiger partial charge in [0, 0.05) is 50.3 Å². The molecule has 16 heavy (non-hydrogen) atoms. The second-order valence-electron chi connectivity index (χ2n) is 4.51. The number of thioether (sulfide) groups is 1. The first-order valence-electron chi connectivity index (χ1n) is 6.32. The predicted molar refractivity (Wildman–Crippen MR) is 72.3 cm³/mol. The molecule has 1 aliphatic heterocycles. The molecule has 4 heteroatoms. The van der Waals surface area contributed by atoms with Gasteiger partial charge in [0.2, 0.25) is 0 Å². The minimum atomic E-state index is 0.464. The molecular formula is C12H26N2OS. The van der Waals surface area contributed by atoms with Crippen LogP contribution in [0, 0.1) is 0 Å². The van der Waals surface area contributed by atoms with Crippen molar-refractivity contribution in [3.63, 3.8) is 0 Å². The zero-order valence-corrected chi connectivity index (χ0v) is 11.7. The van der Waals surface area contributed by atoms with Crippen LogP contribution in [0.1, 0.15) is 20.3 Å². The third-order valence-electron chi connectivity index (χ3n) is 3.02. The fourth-order valence-electron chi connectivity index (χ4n) is 2.01. The minimum absolute atomic E-state index is 0.464. The van der Waals surface area contributed by atoms with Crippen molar-refractivity contribution in [3.05, 3.63) is 0 Å². The van der Waals surface area contributed by atoms with Gasteiger partial charge in [-0.15, -0.1) is 0 Å². The van der Waals surface area contributed by atoms with Gasteiger partial charge in [0.1, 0.15) is 0 Å². The van der Waals surface area contributed by atoms with Gasteiger partial charge in [-0.3, -0.25) is 0 Å². The number of nitrogens with one attached hydrogen (secondary N) is 1. The fourth-order valence-corrected chi connectivity index (χ4v) is 3.26. The van der Waals surface area contributed by atoms with Crippen molar-refractivity contribution in [2.24, 2.45) is 0 Å². The smallest absolute Gasteiger partial charge is 0.0613 e. The number of hydrogen-bond acceptors (Lipinski definition) is 4. The second-order valence-corrected chi connectivity index (χ2v) is 5.92. The SMILES string of the molecule is CCC1CN(CCNC(C)COC)CCS1. The molecule has 3 nitrogen and oxygen atoms in total. The molecule has 1 N–H and O–H groups in total. The van der Waals surface area contributed by atoms with E-state index in [4.69, 9.17) is 4.74 Å². The number of rotatable bonds is 7. The van der Waals surface area contributed by atoms with E-state index in [2.05, 4.69) is 35.8 Å². The summed E-state index contributed by atoms with van der Waals surface area (Å²) in [6, 6.07) is 0.464. The molecule has 0 aromatic carbocycles. The van der Waals surface area contributed by atoms with Gasteiger partial charge in [-0.25, -0.2) is 0 Å². The molecule has 1 heterocycles. The highest BCUT2D eigenvalue weighted by atomic mass is 32.2. The molecule has 1 aliphatic rings. The average Bonchev–Trinajstić information content (AvgIpc) is 2.30. The summed E-state index contributed by atoms with van der Waals surface area (Å²) < 4.78 is 5.10. The molecule has 2 atom stereocenters. The second kappa shape index (κ2) is 8.34. The monoisotopic (exact) mass is 246 g/mol. The van der Waals surface area contributed by atoms with Crippen LogP contribution >= 0.6 is 11.8 Å². The van der Waals surface area contributed by atoms with E-state index in [9.17, 15) is 0 Å². The van der Waals surface area contributed by atoms with Crippen LogP contribution in [-0.4, -0.2) is 61.8 Å². The fraction of sp³-hybridized carbons (Fsp3) is 1.00. The Kier molecular flexibility index (Phi) is 7.45. The van der Waals surface area contributed by atoms with Crippen LogP contribution in [0.15, 0.2) is 0 Å². The number of hydrogen-bond donors (Lipinski definition) is 1. The van der Waals surface area contributed by atoms with Crippen molar-refractivity contribution in [1.29, 1.82) is 0 Å². The highest BCUT2D eigenvalue weighted by Crippen LogP contribution is 2.20. The summed E-state index contributed by atoms with van der Waals surface area (Å²) >= 11 is 2.13. The lowest BCUT2D eigenvalue weighted by Gasteiger charge is -2.32. The molecule has 0 spiro atoms. The minimum Gasteiger partial charge on any atom is -0.383 e. The van der Waals surface area contributed by atoms with Gasteiger partial charge in [0.05, 0.1) is 6.61 Å². The highest BCUT2D eigenvalue weighted by Gasteiger charge is 2.18. The summed E-state index contributed by atoms with van der Waals surface area (Å²) in [5.41, 5.74) is 0. The molecule has 1 rings (SSSR count). The van der Waals surface area contributed by atoms with E-state index in [-0.39, 0.29) is 0 Å². The average molecular weight is 246 g/mol. The van der Waals surface area contributed by atoms with E-state index in [1.807, 2.05) is 0 Å². The maximum atomic E-state index is 5.10. The Morgan fingerprint density at radius 3 is 3.06 bits per heavy atom. The summed E-state index contributed by atoms with van der Waals surface area (Å²) in [5, 5.41) is 4.34. The Labute approximate surface area is 104 Å². The molecule has 0 saturated carbocycles. The molecule has 1 fully saturated rings. The van der Waals surface area contributed by atoms with Crippen LogP contribution < -0.4 is 5.32 Å². The van der Waals surface area contributed by atoms with Crippen LogP contribution in [-0.2, 0) is 4.74 Å². The summed E-state index contributed by atoms with van der Waals surface area (Å²) in [6.07, 6.45) is 1.30. The summed E-state index contributed by atoms with van der Waals surface area (Å²) in [7, 11) is 1.76. The first-order valence-corrected chi connectivity index (χ1v) is 7.37. The van der Waals surface area contributed by atoms with Crippen molar-refractivity contribution in [3.8, 4) is 0 Å². The zero-order chi connectivity index (χ0) is 11.8. The van der Waals surface area contributed by atoms with Crippen molar-refractivity contribution in [1.82, 2.24) is 10.2 Å². The van der Waals surface area contributed by atoms with Gasteiger partial charge in [-0.2, -0.15) is 11.8 Å². The maximum absolute atomic E-state index is 5.10. The Balaban J connectivity index is 2.08. The molecule has 0 aliphatic carbocycles. The number of nitrogens with zero attached hydrogens (tertiary/aromatic N) is 1. The van der Waals surface area contributed by atoms with Crippen LogP contribution in [0.5, 0.6) is 0 Å². The number of methoxy groups -OCH3 is 1. The van der Waals surface area contributed by atoms with Gasteiger partial charge in [-0.05, 0) is 13.3 Å². The summed E-state index contributed by atoms with van der Waals surface area (Å²) in [4.78, 5) is 2.58. The Morgan fingerprint density at radius 1 is 1.56 bits per heavy atom. The van der Waals surface area contributed by atoms with E-state index >= 15 is 0 Å². The first kappa shape index (κ1) is 14.3. The summed E-state index contributed by atoms with van der Waals surface area (Å²) in [5.74, 6) is 1.30. The van der Waals surface area contributed by atoms with Crippen molar-refractivity contribution < 1.29 is 4.74 Å². The molecule has 1 saturated heterocycles. The molecule has 0 amide bonds. The molecule has 2 unspecified atom stereocenters.